The van der Waals surface area contributed by atoms with Crippen molar-refractivity contribution in [2.24, 2.45) is 0 Å². The van der Waals surface area contributed by atoms with Gasteiger partial charge >= 0.3 is 0 Å². The summed E-state index contributed by atoms with van der Waals surface area (Å²) in [6.45, 7) is 0. The summed E-state index contributed by atoms with van der Waals surface area (Å²) in [6, 6.07) is 15.3. The summed E-state index contributed by atoms with van der Waals surface area (Å²) in [7, 11) is 0. The van der Waals surface area contributed by atoms with Gasteiger partial charge in [0.1, 0.15) is 0 Å². The van der Waals surface area contributed by atoms with Gasteiger partial charge in [0.2, 0.25) is 0 Å². The molecule has 0 fully saturated rings. The van der Waals surface area contributed by atoms with Crippen LogP contribution in [0, 0.1) is 11.3 Å². The maximum atomic E-state index is 8.87. The normalized spacial score (nSPS) is 9.78. The molecule has 2 aromatic carbocycles. The van der Waals surface area contributed by atoms with Gasteiger partial charge in [-0.2, -0.15) is 5.26 Å². The van der Waals surface area contributed by atoms with Crippen LogP contribution in [0.25, 0.3) is 0 Å². The lowest BCUT2D eigenvalue weighted by atomic mass is 10.2. The van der Waals surface area contributed by atoms with Gasteiger partial charge in [-0.05, 0) is 48.7 Å². The molecule has 0 aromatic heterocycles. The molecule has 3 nitrogen and oxygen atoms in total. The van der Waals surface area contributed by atoms with Crippen LogP contribution in [0.1, 0.15) is 5.56 Å². The third-order valence-corrected chi connectivity index (χ3v) is 3.29. The standard InChI is InChI=1S/C14H13N3S/c1-18-12-5-3-11(4-6-12)17-14-8-10(9-15)2-7-13(14)16/h2-8,17H,16H2,1H3. The van der Waals surface area contributed by atoms with Crippen LogP contribution in [0.15, 0.2) is 47.4 Å². The lowest BCUT2D eigenvalue weighted by molar-refractivity contribution is 1.43. The Bertz CT molecular complexity index is 585. The van der Waals surface area contributed by atoms with Crippen molar-refractivity contribution in [2.75, 3.05) is 17.3 Å². The van der Waals surface area contributed by atoms with Gasteiger partial charge in [0, 0.05) is 10.6 Å². The fourth-order valence-corrected chi connectivity index (χ4v) is 1.97. The molecule has 4 heteroatoms. The quantitative estimate of drug-likeness (QED) is 0.649. The molecule has 0 unspecified atom stereocenters. The molecule has 2 aromatic rings. The average molecular weight is 255 g/mol. The lowest BCUT2D eigenvalue weighted by Gasteiger charge is -2.10. The fourth-order valence-electron chi connectivity index (χ4n) is 1.56. The highest BCUT2D eigenvalue weighted by Crippen LogP contribution is 2.25. The molecule has 0 saturated heterocycles. The van der Waals surface area contributed by atoms with Crippen LogP contribution in [0.2, 0.25) is 0 Å². The smallest absolute Gasteiger partial charge is 0.0992 e. The van der Waals surface area contributed by atoms with Crippen LogP contribution in [0.5, 0.6) is 0 Å². The molecule has 2 rings (SSSR count). The number of nitrogen functional groups attached to an aromatic ring is 1. The van der Waals surface area contributed by atoms with Crippen LogP contribution in [0.4, 0.5) is 17.1 Å². The molecule has 0 heterocycles. The molecule has 0 saturated carbocycles. The summed E-state index contributed by atoms with van der Waals surface area (Å²) >= 11 is 1.70. The van der Waals surface area contributed by atoms with E-state index in [1.165, 1.54) is 4.90 Å². The van der Waals surface area contributed by atoms with Crippen molar-refractivity contribution >= 4 is 28.8 Å². The predicted octanol–water partition coefficient (Wildman–Crippen LogP) is 3.61. The Morgan fingerprint density at radius 2 is 1.89 bits per heavy atom. The number of thioether (sulfide) groups is 1. The molecule has 0 aliphatic rings. The van der Waals surface area contributed by atoms with Crippen molar-refractivity contribution in [2.45, 2.75) is 4.90 Å². The van der Waals surface area contributed by atoms with Crippen LogP contribution in [-0.2, 0) is 0 Å². The second-order valence-corrected chi connectivity index (χ2v) is 4.65. The minimum absolute atomic E-state index is 0.590. The van der Waals surface area contributed by atoms with E-state index < -0.39 is 0 Å². The van der Waals surface area contributed by atoms with Gasteiger partial charge in [-0.25, -0.2) is 0 Å². The largest absolute Gasteiger partial charge is 0.397 e. The lowest BCUT2D eigenvalue weighted by Crippen LogP contribution is -1.96. The summed E-state index contributed by atoms with van der Waals surface area (Å²) in [6.07, 6.45) is 2.04. The molecule has 0 spiro atoms. The molecule has 18 heavy (non-hydrogen) atoms. The molecular weight excluding hydrogens is 242 g/mol. The van der Waals surface area contributed by atoms with Crippen molar-refractivity contribution < 1.29 is 0 Å². The van der Waals surface area contributed by atoms with E-state index in [4.69, 9.17) is 11.0 Å². The Morgan fingerprint density at radius 1 is 1.17 bits per heavy atom. The SMILES string of the molecule is CSc1ccc(Nc2cc(C#N)ccc2N)cc1. The number of nitrogens with two attached hydrogens (primary N) is 1. The number of benzene rings is 2. The van der Waals surface area contributed by atoms with Gasteiger partial charge in [0.25, 0.3) is 0 Å². The second kappa shape index (κ2) is 5.48. The molecule has 0 atom stereocenters. The number of hydrogen-bond donors (Lipinski definition) is 2. The van der Waals surface area contributed by atoms with Crippen LogP contribution in [-0.4, -0.2) is 6.26 Å². The molecule has 0 radical (unpaired) electrons. The van der Waals surface area contributed by atoms with Crippen molar-refractivity contribution in [3.8, 4) is 6.07 Å². The van der Waals surface area contributed by atoms with Gasteiger partial charge in [0.15, 0.2) is 0 Å². The van der Waals surface area contributed by atoms with E-state index in [9.17, 15) is 0 Å². The molecular formula is C14H13N3S. The highest BCUT2D eigenvalue weighted by atomic mass is 32.2. The summed E-state index contributed by atoms with van der Waals surface area (Å²) in [4.78, 5) is 1.21. The number of nitriles is 1. The minimum Gasteiger partial charge on any atom is -0.397 e. The summed E-state index contributed by atoms with van der Waals surface area (Å²) in [5.41, 5.74) is 8.80. The van der Waals surface area contributed by atoms with Crippen LogP contribution in [0.3, 0.4) is 0 Å². The zero-order chi connectivity index (χ0) is 13.0. The van der Waals surface area contributed by atoms with Gasteiger partial charge < -0.3 is 11.1 Å². The summed E-state index contributed by atoms with van der Waals surface area (Å²) in [5.74, 6) is 0. The molecule has 90 valence electrons. The third kappa shape index (κ3) is 2.76. The van der Waals surface area contributed by atoms with E-state index in [0.29, 0.717) is 11.3 Å². The second-order valence-electron chi connectivity index (χ2n) is 3.77. The van der Waals surface area contributed by atoms with Crippen molar-refractivity contribution in [1.82, 2.24) is 0 Å². The van der Waals surface area contributed by atoms with E-state index in [1.807, 2.05) is 30.5 Å². The zero-order valence-corrected chi connectivity index (χ0v) is 10.8. The van der Waals surface area contributed by atoms with Gasteiger partial charge in [0.05, 0.1) is 23.0 Å². The molecule has 0 amide bonds. The Balaban J connectivity index is 2.25. The Morgan fingerprint density at radius 3 is 2.50 bits per heavy atom. The molecule has 0 aliphatic carbocycles. The summed E-state index contributed by atoms with van der Waals surface area (Å²) < 4.78 is 0. The maximum absolute atomic E-state index is 8.87. The van der Waals surface area contributed by atoms with Crippen molar-refractivity contribution in [3.05, 3.63) is 48.0 Å². The number of nitrogens with one attached hydrogen (secondary N) is 1. The van der Waals surface area contributed by atoms with Gasteiger partial charge in [-0.15, -0.1) is 11.8 Å². The van der Waals surface area contributed by atoms with E-state index in [2.05, 4.69) is 11.4 Å². The first kappa shape index (κ1) is 12.3. The number of hydrogen-bond acceptors (Lipinski definition) is 4. The van der Waals surface area contributed by atoms with Crippen molar-refractivity contribution in [3.63, 3.8) is 0 Å². The van der Waals surface area contributed by atoms with Crippen LogP contribution >= 0.6 is 11.8 Å². The van der Waals surface area contributed by atoms with Gasteiger partial charge in [-0.3, -0.25) is 0 Å². The molecule has 3 N–H and O–H groups in total. The van der Waals surface area contributed by atoms with Crippen LogP contribution < -0.4 is 11.1 Å². The fraction of sp³-hybridized carbons (Fsp3) is 0.0714. The predicted molar refractivity (Wildman–Crippen MR) is 77.1 cm³/mol. The van der Waals surface area contributed by atoms with E-state index >= 15 is 0 Å². The topological polar surface area (TPSA) is 61.8 Å². The Labute approximate surface area is 111 Å². The first-order valence-electron chi connectivity index (χ1n) is 5.43. The Kier molecular flexibility index (Phi) is 3.75. The minimum atomic E-state index is 0.590. The average Bonchev–Trinajstić information content (AvgIpc) is 2.42. The third-order valence-electron chi connectivity index (χ3n) is 2.55. The Hall–Kier alpha value is -2.12. The van der Waals surface area contributed by atoms with E-state index in [1.54, 1.807) is 30.0 Å². The first-order chi connectivity index (χ1) is 8.72. The number of anilines is 3. The van der Waals surface area contributed by atoms with Gasteiger partial charge in [-0.1, -0.05) is 0 Å². The number of rotatable bonds is 3. The number of nitrogens with zero attached hydrogens (tertiary/aromatic N) is 1. The van der Waals surface area contributed by atoms with E-state index in [0.717, 1.165) is 11.4 Å². The monoisotopic (exact) mass is 255 g/mol. The first-order valence-corrected chi connectivity index (χ1v) is 6.66. The molecule has 0 bridgehead atoms. The van der Waals surface area contributed by atoms with E-state index in [-0.39, 0.29) is 0 Å². The summed E-state index contributed by atoms with van der Waals surface area (Å²) in [5, 5.41) is 12.1. The maximum Gasteiger partial charge on any atom is 0.0992 e. The zero-order valence-electron chi connectivity index (χ0n) is 9.97. The van der Waals surface area contributed by atoms with Crippen molar-refractivity contribution in [1.29, 1.82) is 5.26 Å². The molecule has 0 aliphatic heterocycles. The highest BCUT2D eigenvalue weighted by molar-refractivity contribution is 7.98. The highest BCUT2D eigenvalue weighted by Gasteiger charge is 2.01.